The van der Waals surface area contributed by atoms with E-state index >= 15 is 0 Å². The third kappa shape index (κ3) is 3.85. The van der Waals surface area contributed by atoms with E-state index in [1.54, 1.807) is 0 Å². The number of hydrogen-bond acceptors (Lipinski definition) is 3. The van der Waals surface area contributed by atoms with Crippen LogP contribution in [-0.2, 0) is 4.79 Å². The molecule has 0 bridgehead atoms. The number of hydrogen-bond donors (Lipinski definition) is 1. The molecule has 1 aromatic carbocycles. The lowest BCUT2D eigenvalue weighted by molar-refractivity contribution is -0.122. The Morgan fingerprint density at radius 1 is 1.53 bits per heavy atom. The van der Waals surface area contributed by atoms with Crippen LogP contribution in [0.5, 0.6) is 5.75 Å². The fourth-order valence-corrected chi connectivity index (χ4v) is 1.17. The molecule has 0 aliphatic rings. The summed E-state index contributed by atoms with van der Waals surface area (Å²) >= 11 is 5.68. The van der Waals surface area contributed by atoms with E-state index in [2.05, 4.69) is 0 Å². The zero-order valence-electron chi connectivity index (χ0n) is 7.87. The lowest BCUT2D eigenvalue weighted by atomic mass is 10.3. The Morgan fingerprint density at radius 3 is 2.87 bits per heavy atom. The van der Waals surface area contributed by atoms with E-state index in [0.717, 1.165) is 6.07 Å². The summed E-state index contributed by atoms with van der Waals surface area (Å²) in [6, 6.07) is 3.74. The number of halogens is 2. The van der Waals surface area contributed by atoms with Crippen LogP contribution in [0.25, 0.3) is 0 Å². The summed E-state index contributed by atoms with van der Waals surface area (Å²) in [4.78, 5) is 10.7. The molecule has 0 radical (unpaired) electrons. The molecular formula is C10H10ClFO3. The van der Waals surface area contributed by atoms with Gasteiger partial charge in [-0.25, -0.2) is 4.39 Å². The van der Waals surface area contributed by atoms with Crippen LogP contribution in [0.15, 0.2) is 18.2 Å². The van der Waals surface area contributed by atoms with Gasteiger partial charge in [0.15, 0.2) is 5.78 Å². The molecule has 5 heteroatoms. The van der Waals surface area contributed by atoms with Gasteiger partial charge in [-0.1, -0.05) is 11.6 Å². The van der Waals surface area contributed by atoms with Crippen molar-refractivity contribution in [3.8, 4) is 5.75 Å². The summed E-state index contributed by atoms with van der Waals surface area (Å²) in [7, 11) is 0. The van der Waals surface area contributed by atoms with Crippen molar-refractivity contribution < 1.29 is 19.0 Å². The van der Waals surface area contributed by atoms with Crippen LogP contribution in [0.4, 0.5) is 4.39 Å². The molecule has 0 aromatic heterocycles. The first-order chi connectivity index (χ1) is 7.13. The van der Waals surface area contributed by atoms with Crippen molar-refractivity contribution in [1.82, 2.24) is 0 Å². The maximum absolute atomic E-state index is 12.6. The fourth-order valence-electron chi connectivity index (χ4n) is 0.946. The summed E-state index contributed by atoms with van der Waals surface area (Å²) in [6.45, 7) is -0.384. The van der Waals surface area contributed by atoms with Gasteiger partial charge in [-0.15, -0.1) is 0 Å². The van der Waals surface area contributed by atoms with Crippen molar-refractivity contribution in [2.75, 3.05) is 13.2 Å². The molecule has 0 amide bonds. The van der Waals surface area contributed by atoms with Crippen molar-refractivity contribution in [3.05, 3.63) is 29.0 Å². The minimum Gasteiger partial charge on any atom is -0.492 e. The Bertz CT molecular complexity index is 355. The monoisotopic (exact) mass is 232 g/mol. The van der Waals surface area contributed by atoms with Crippen LogP contribution >= 0.6 is 11.6 Å². The molecule has 1 aromatic rings. The molecule has 0 heterocycles. The predicted octanol–water partition coefficient (Wildman–Crippen LogP) is 1.81. The number of benzene rings is 1. The van der Waals surface area contributed by atoms with Gasteiger partial charge in [-0.3, -0.25) is 4.79 Å². The molecule has 82 valence electrons. The first-order valence-electron chi connectivity index (χ1n) is 4.34. The molecule has 1 N–H and O–H groups in total. The summed E-state index contributed by atoms with van der Waals surface area (Å²) in [6.07, 6.45) is 0.101. The smallest absolute Gasteiger partial charge is 0.161 e. The maximum atomic E-state index is 12.6. The predicted molar refractivity (Wildman–Crippen MR) is 53.6 cm³/mol. The number of ether oxygens (including phenoxy) is 1. The van der Waals surface area contributed by atoms with E-state index in [0.29, 0.717) is 5.75 Å². The first kappa shape index (κ1) is 11.9. The first-order valence-corrected chi connectivity index (χ1v) is 4.71. The average Bonchev–Trinajstić information content (AvgIpc) is 2.21. The van der Waals surface area contributed by atoms with Gasteiger partial charge in [0, 0.05) is 6.42 Å². The van der Waals surface area contributed by atoms with Crippen molar-refractivity contribution >= 4 is 17.4 Å². The summed E-state index contributed by atoms with van der Waals surface area (Å²) < 4.78 is 17.8. The van der Waals surface area contributed by atoms with Gasteiger partial charge >= 0.3 is 0 Å². The normalized spacial score (nSPS) is 10.1. The molecule has 0 aliphatic carbocycles. The molecule has 15 heavy (non-hydrogen) atoms. The van der Waals surface area contributed by atoms with E-state index in [-0.39, 0.29) is 23.8 Å². The third-order valence-corrected chi connectivity index (χ3v) is 2.00. The molecule has 0 saturated carbocycles. The largest absolute Gasteiger partial charge is 0.492 e. The lowest BCUT2D eigenvalue weighted by Crippen LogP contribution is -2.09. The Hall–Kier alpha value is -1.13. The van der Waals surface area contributed by atoms with Crippen LogP contribution in [0.3, 0.4) is 0 Å². The zero-order valence-corrected chi connectivity index (χ0v) is 8.63. The summed E-state index contributed by atoms with van der Waals surface area (Å²) in [5.41, 5.74) is 0. The SMILES string of the molecule is O=C(CO)CCOc1ccc(F)cc1Cl. The molecule has 0 spiro atoms. The highest BCUT2D eigenvalue weighted by Crippen LogP contribution is 2.24. The minimum absolute atomic E-state index is 0.101. The molecule has 0 atom stereocenters. The van der Waals surface area contributed by atoms with E-state index in [1.807, 2.05) is 0 Å². The van der Waals surface area contributed by atoms with Crippen molar-refractivity contribution in [2.24, 2.45) is 0 Å². The van der Waals surface area contributed by atoms with Gasteiger partial charge in [-0.05, 0) is 18.2 Å². The van der Waals surface area contributed by atoms with Crippen LogP contribution in [0.1, 0.15) is 6.42 Å². The maximum Gasteiger partial charge on any atom is 0.161 e. The van der Waals surface area contributed by atoms with Crippen LogP contribution in [0.2, 0.25) is 5.02 Å². The molecule has 1 rings (SSSR count). The minimum atomic E-state index is -0.499. The van der Waals surface area contributed by atoms with Crippen LogP contribution < -0.4 is 4.74 Å². The van der Waals surface area contributed by atoms with Gasteiger partial charge in [0.1, 0.15) is 18.2 Å². The molecular weight excluding hydrogens is 223 g/mol. The quantitative estimate of drug-likeness (QED) is 0.842. The van der Waals surface area contributed by atoms with Gasteiger partial charge < -0.3 is 9.84 Å². The van der Waals surface area contributed by atoms with Gasteiger partial charge in [0.2, 0.25) is 0 Å². The Morgan fingerprint density at radius 2 is 2.27 bits per heavy atom. The van der Waals surface area contributed by atoms with E-state index < -0.39 is 12.4 Å². The standard InChI is InChI=1S/C10H10ClFO3/c11-9-5-7(12)1-2-10(9)15-4-3-8(14)6-13/h1-2,5,13H,3-4,6H2. The fraction of sp³-hybridized carbons (Fsp3) is 0.300. The number of carbonyl (C=O) groups is 1. The molecule has 0 fully saturated rings. The van der Waals surface area contributed by atoms with Crippen LogP contribution in [0, 0.1) is 5.82 Å². The third-order valence-electron chi connectivity index (χ3n) is 1.71. The average molecular weight is 233 g/mol. The van der Waals surface area contributed by atoms with Crippen molar-refractivity contribution in [1.29, 1.82) is 0 Å². The highest BCUT2D eigenvalue weighted by atomic mass is 35.5. The number of ketones is 1. The number of aliphatic hydroxyl groups excluding tert-OH is 1. The van der Waals surface area contributed by atoms with Gasteiger partial charge in [-0.2, -0.15) is 0 Å². The number of rotatable bonds is 5. The van der Waals surface area contributed by atoms with E-state index in [4.69, 9.17) is 21.4 Å². The Labute approximate surface area is 91.4 Å². The molecule has 0 unspecified atom stereocenters. The van der Waals surface area contributed by atoms with Crippen molar-refractivity contribution in [2.45, 2.75) is 6.42 Å². The van der Waals surface area contributed by atoms with Gasteiger partial charge in [0.25, 0.3) is 0 Å². The topological polar surface area (TPSA) is 46.5 Å². The summed E-state index contributed by atoms with van der Waals surface area (Å²) in [5, 5.41) is 8.60. The van der Waals surface area contributed by atoms with Crippen molar-refractivity contribution in [3.63, 3.8) is 0 Å². The Kier molecular flexibility index (Phi) is 4.52. The molecule has 0 saturated heterocycles. The second-order valence-corrected chi connectivity index (χ2v) is 3.28. The second-order valence-electron chi connectivity index (χ2n) is 2.87. The molecule has 0 aliphatic heterocycles. The second kappa shape index (κ2) is 5.68. The summed E-state index contributed by atoms with van der Waals surface area (Å²) in [5.74, 6) is -0.434. The number of aliphatic hydroxyl groups is 1. The lowest BCUT2D eigenvalue weighted by Gasteiger charge is -2.06. The number of carbonyl (C=O) groups excluding carboxylic acids is 1. The number of Topliss-reactive ketones (excluding diaryl/α,β-unsaturated/α-hetero) is 1. The highest BCUT2D eigenvalue weighted by molar-refractivity contribution is 6.32. The van der Waals surface area contributed by atoms with Gasteiger partial charge in [0.05, 0.1) is 11.6 Å². The van der Waals surface area contributed by atoms with E-state index in [9.17, 15) is 9.18 Å². The highest BCUT2D eigenvalue weighted by Gasteiger charge is 2.04. The Balaban J connectivity index is 2.47. The molecule has 3 nitrogen and oxygen atoms in total. The van der Waals surface area contributed by atoms with Crippen LogP contribution in [-0.4, -0.2) is 24.1 Å². The van der Waals surface area contributed by atoms with E-state index in [1.165, 1.54) is 12.1 Å². The zero-order chi connectivity index (χ0) is 11.3.